The quantitative estimate of drug-likeness (QED) is 0.854. The van der Waals surface area contributed by atoms with Crippen LogP contribution in [0.1, 0.15) is 27.6 Å². The van der Waals surface area contributed by atoms with Gasteiger partial charge >= 0.3 is 5.97 Å². The molecule has 0 spiro atoms. The average Bonchev–Trinajstić information content (AvgIpc) is 2.48. The van der Waals surface area contributed by atoms with Crippen LogP contribution in [0.4, 0.5) is 5.69 Å². The van der Waals surface area contributed by atoms with Gasteiger partial charge in [-0.25, -0.2) is 4.79 Å². The van der Waals surface area contributed by atoms with Crippen LogP contribution < -0.4 is 5.32 Å². The fraction of sp³-hybridized carbons (Fsp3) is 0.125. The van der Waals surface area contributed by atoms with E-state index in [1.165, 1.54) is 0 Å². The number of halogens is 1. The zero-order valence-corrected chi connectivity index (χ0v) is 13.0. The van der Waals surface area contributed by atoms with Crippen molar-refractivity contribution in [2.24, 2.45) is 0 Å². The molecule has 0 saturated carbocycles. The van der Waals surface area contributed by atoms with Gasteiger partial charge in [-0.1, -0.05) is 34.1 Å². The number of para-hydroxylation sites is 1. The molecule has 0 atom stereocenters. The number of rotatable bonds is 4. The molecular weight excluding hydrogens is 334 g/mol. The molecule has 21 heavy (non-hydrogen) atoms. The minimum absolute atomic E-state index is 0.284. The van der Waals surface area contributed by atoms with E-state index >= 15 is 0 Å². The van der Waals surface area contributed by atoms with Crippen LogP contribution in [0.2, 0.25) is 0 Å². The summed E-state index contributed by atoms with van der Waals surface area (Å²) in [5.74, 6) is -0.740. The number of esters is 1. The topological polar surface area (TPSA) is 55.4 Å². The van der Waals surface area contributed by atoms with Gasteiger partial charge in [-0.2, -0.15) is 0 Å². The fourth-order valence-corrected chi connectivity index (χ4v) is 2.20. The van der Waals surface area contributed by atoms with Gasteiger partial charge in [-0.05, 0) is 37.3 Å². The minimum Gasteiger partial charge on any atom is -0.462 e. The van der Waals surface area contributed by atoms with Crippen molar-refractivity contribution >= 4 is 33.5 Å². The number of hydrogen-bond acceptors (Lipinski definition) is 3. The molecule has 0 unspecified atom stereocenters. The third-order valence-electron chi connectivity index (χ3n) is 2.76. The Morgan fingerprint density at radius 1 is 1.14 bits per heavy atom. The first kappa shape index (κ1) is 15.3. The van der Waals surface area contributed by atoms with Crippen molar-refractivity contribution in [1.82, 2.24) is 0 Å². The lowest BCUT2D eigenvalue weighted by Gasteiger charge is -2.10. The van der Waals surface area contributed by atoms with Crippen LogP contribution in [-0.2, 0) is 4.74 Å². The van der Waals surface area contributed by atoms with E-state index in [0.717, 1.165) is 4.47 Å². The predicted molar refractivity (Wildman–Crippen MR) is 84.5 cm³/mol. The van der Waals surface area contributed by atoms with Crippen LogP contribution >= 0.6 is 15.9 Å². The van der Waals surface area contributed by atoms with Crippen molar-refractivity contribution in [2.45, 2.75) is 6.92 Å². The first-order valence-corrected chi connectivity index (χ1v) is 7.24. The number of carbonyl (C=O) groups is 2. The Morgan fingerprint density at radius 2 is 1.90 bits per heavy atom. The lowest BCUT2D eigenvalue weighted by Crippen LogP contribution is -2.15. The lowest BCUT2D eigenvalue weighted by atomic mass is 10.1. The second kappa shape index (κ2) is 7.04. The Balaban J connectivity index is 2.23. The van der Waals surface area contributed by atoms with Crippen LogP contribution in [0, 0.1) is 0 Å². The maximum atomic E-state index is 12.2. The third kappa shape index (κ3) is 3.92. The van der Waals surface area contributed by atoms with Gasteiger partial charge in [0.05, 0.1) is 17.9 Å². The monoisotopic (exact) mass is 347 g/mol. The smallest absolute Gasteiger partial charge is 0.340 e. The summed E-state index contributed by atoms with van der Waals surface area (Å²) in [4.78, 5) is 24.1. The lowest BCUT2D eigenvalue weighted by molar-refractivity contribution is 0.0527. The fourth-order valence-electron chi connectivity index (χ4n) is 1.80. The molecule has 2 aromatic carbocycles. The standard InChI is InChI=1S/C16H14BrNO3/c1-2-21-16(20)13-8-3-4-9-14(13)18-15(19)11-6-5-7-12(17)10-11/h3-10H,2H2,1H3,(H,18,19). The summed E-state index contributed by atoms with van der Waals surface area (Å²) >= 11 is 3.32. The summed E-state index contributed by atoms with van der Waals surface area (Å²) in [5.41, 5.74) is 1.27. The minimum atomic E-state index is -0.456. The highest BCUT2D eigenvalue weighted by Gasteiger charge is 2.14. The molecule has 0 aliphatic rings. The molecule has 0 aliphatic heterocycles. The van der Waals surface area contributed by atoms with Gasteiger partial charge in [0.1, 0.15) is 0 Å². The highest BCUT2D eigenvalue weighted by Crippen LogP contribution is 2.18. The van der Waals surface area contributed by atoms with Crippen molar-refractivity contribution < 1.29 is 14.3 Å². The van der Waals surface area contributed by atoms with Crippen molar-refractivity contribution in [3.05, 3.63) is 64.1 Å². The van der Waals surface area contributed by atoms with Crippen LogP contribution in [0.3, 0.4) is 0 Å². The zero-order valence-electron chi connectivity index (χ0n) is 11.4. The Kier molecular flexibility index (Phi) is 5.11. The van der Waals surface area contributed by atoms with E-state index in [1.807, 2.05) is 6.07 Å². The Hall–Kier alpha value is -2.14. The number of hydrogen-bond donors (Lipinski definition) is 1. The number of anilines is 1. The molecule has 0 aliphatic carbocycles. The molecule has 2 rings (SSSR count). The highest BCUT2D eigenvalue weighted by atomic mass is 79.9. The summed E-state index contributed by atoms with van der Waals surface area (Å²) in [7, 11) is 0. The van der Waals surface area contributed by atoms with Gasteiger partial charge in [-0.3, -0.25) is 4.79 Å². The van der Waals surface area contributed by atoms with Crippen molar-refractivity contribution in [3.63, 3.8) is 0 Å². The summed E-state index contributed by atoms with van der Waals surface area (Å²) in [6.45, 7) is 2.02. The van der Waals surface area contributed by atoms with E-state index in [0.29, 0.717) is 16.8 Å². The predicted octanol–water partition coefficient (Wildman–Crippen LogP) is 3.88. The molecule has 1 N–H and O–H groups in total. The zero-order chi connectivity index (χ0) is 15.2. The van der Waals surface area contributed by atoms with Crippen LogP contribution in [0.5, 0.6) is 0 Å². The average molecular weight is 348 g/mol. The van der Waals surface area contributed by atoms with Crippen LogP contribution in [-0.4, -0.2) is 18.5 Å². The van der Waals surface area contributed by atoms with E-state index in [4.69, 9.17) is 4.74 Å². The molecule has 0 heterocycles. The number of amides is 1. The van der Waals surface area contributed by atoms with Gasteiger partial charge in [-0.15, -0.1) is 0 Å². The van der Waals surface area contributed by atoms with Gasteiger partial charge in [0, 0.05) is 10.0 Å². The number of carbonyl (C=O) groups excluding carboxylic acids is 2. The molecule has 5 heteroatoms. The van der Waals surface area contributed by atoms with Crippen LogP contribution in [0.25, 0.3) is 0 Å². The second-order valence-electron chi connectivity index (χ2n) is 4.23. The SMILES string of the molecule is CCOC(=O)c1ccccc1NC(=O)c1cccc(Br)c1. The molecule has 0 bridgehead atoms. The van der Waals surface area contributed by atoms with E-state index in [1.54, 1.807) is 49.4 Å². The number of benzene rings is 2. The number of ether oxygens (including phenoxy) is 1. The Morgan fingerprint density at radius 3 is 2.62 bits per heavy atom. The normalized spacial score (nSPS) is 10.0. The summed E-state index contributed by atoms with van der Waals surface area (Å²) in [6.07, 6.45) is 0. The first-order valence-electron chi connectivity index (χ1n) is 6.45. The van der Waals surface area contributed by atoms with Crippen molar-refractivity contribution in [2.75, 3.05) is 11.9 Å². The molecule has 1 amide bonds. The summed E-state index contributed by atoms with van der Waals surface area (Å²) in [5, 5.41) is 2.73. The van der Waals surface area contributed by atoms with E-state index < -0.39 is 5.97 Å². The maximum Gasteiger partial charge on any atom is 0.340 e. The highest BCUT2D eigenvalue weighted by molar-refractivity contribution is 9.10. The van der Waals surface area contributed by atoms with E-state index in [9.17, 15) is 9.59 Å². The largest absolute Gasteiger partial charge is 0.462 e. The summed E-state index contributed by atoms with van der Waals surface area (Å²) in [6, 6.07) is 13.8. The molecule has 0 aromatic heterocycles. The first-order chi connectivity index (χ1) is 10.1. The van der Waals surface area contributed by atoms with E-state index in [-0.39, 0.29) is 12.5 Å². The molecular formula is C16H14BrNO3. The Bertz CT molecular complexity index is 670. The molecule has 0 fully saturated rings. The molecule has 2 aromatic rings. The van der Waals surface area contributed by atoms with E-state index in [2.05, 4.69) is 21.2 Å². The second-order valence-corrected chi connectivity index (χ2v) is 5.15. The maximum absolute atomic E-state index is 12.2. The van der Waals surface area contributed by atoms with Gasteiger partial charge in [0.2, 0.25) is 0 Å². The Labute approximate surface area is 131 Å². The molecule has 0 saturated heterocycles. The van der Waals surface area contributed by atoms with Crippen molar-refractivity contribution in [3.8, 4) is 0 Å². The van der Waals surface area contributed by atoms with Crippen molar-refractivity contribution in [1.29, 1.82) is 0 Å². The van der Waals surface area contributed by atoms with Crippen LogP contribution in [0.15, 0.2) is 53.0 Å². The van der Waals surface area contributed by atoms with Gasteiger partial charge in [0.25, 0.3) is 5.91 Å². The number of nitrogens with one attached hydrogen (secondary N) is 1. The van der Waals surface area contributed by atoms with Gasteiger partial charge in [0.15, 0.2) is 0 Å². The molecule has 108 valence electrons. The third-order valence-corrected chi connectivity index (χ3v) is 3.25. The molecule has 4 nitrogen and oxygen atoms in total. The molecule has 0 radical (unpaired) electrons. The van der Waals surface area contributed by atoms with Gasteiger partial charge < -0.3 is 10.1 Å². The summed E-state index contributed by atoms with van der Waals surface area (Å²) < 4.78 is 5.79.